The molecule has 1 aromatic heterocycles. The SMILES string of the molecule is C=CCOC(=O)c1nnn(CCCCO)c1C. The number of hydrogen-bond acceptors (Lipinski definition) is 5. The predicted molar refractivity (Wildman–Crippen MR) is 61.6 cm³/mol. The molecule has 0 aliphatic carbocycles. The van der Waals surface area contributed by atoms with Crippen molar-refractivity contribution < 1.29 is 14.6 Å². The average Bonchev–Trinajstić information content (AvgIpc) is 2.68. The van der Waals surface area contributed by atoms with Gasteiger partial charge in [-0.15, -0.1) is 5.10 Å². The number of aromatic nitrogens is 3. The zero-order valence-electron chi connectivity index (χ0n) is 9.93. The van der Waals surface area contributed by atoms with Gasteiger partial charge < -0.3 is 9.84 Å². The lowest BCUT2D eigenvalue weighted by Gasteiger charge is -2.02. The number of rotatable bonds is 7. The number of carbonyl (C=O) groups is 1. The highest BCUT2D eigenvalue weighted by Gasteiger charge is 2.17. The Balaban J connectivity index is 2.62. The molecule has 17 heavy (non-hydrogen) atoms. The lowest BCUT2D eigenvalue weighted by atomic mass is 10.3. The van der Waals surface area contributed by atoms with Gasteiger partial charge in [-0.25, -0.2) is 9.48 Å². The molecular formula is C11H17N3O3. The quantitative estimate of drug-likeness (QED) is 0.430. The molecule has 0 bridgehead atoms. The molecule has 0 aliphatic heterocycles. The van der Waals surface area contributed by atoms with Crippen LogP contribution in [0, 0.1) is 6.92 Å². The molecule has 0 unspecified atom stereocenters. The number of aliphatic hydroxyl groups is 1. The van der Waals surface area contributed by atoms with Gasteiger partial charge in [0.15, 0.2) is 5.69 Å². The first kappa shape index (κ1) is 13.4. The van der Waals surface area contributed by atoms with E-state index in [1.165, 1.54) is 6.08 Å². The van der Waals surface area contributed by atoms with Gasteiger partial charge in [-0.1, -0.05) is 17.9 Å². The third-order valence-electron chi connectivity index (χ3n) is 2.29. The van der Waals surface area contributed by atoms with Crippen molar-refractivity contribution in [3.63, 3.8) is 0 Å². The number of aliphatic hydroxyl groups excluding tert-OH is 1. The van der Waals surface area contributed by atoms with E-state index in [2.05, 4.69) is 16.9 Å². The van der Waals surface area contributed by atoms with E-state index in [1.807, 2.05) is 0 Å². The summed E-state index contributed by atoms with van der Waals surface area (Å²) in [5, 5.41) is 16.3. The van der Waals surface area contributed by atoms with Crippen molar-refractivity contribution in [1.29, 1.82) is 0 Å². The smallest absolute Gasteiger partial charge is 0.361 e. The van der Waals surface area contributed by atoms with Crippen molar-refractivity contribution in [2.45, 2.75) is 26.3 Å². The fourth-order valence-electron chi connectivity index (χ4n) is 1.34. The van der Waals surface area contributed by atoms with Gasteiger partial charge in [0.25, 0.3) is 0 Å². The van der Waals surface area contributed by atoms with Crippen molar-refractivity contribution in [1.82, 2.24) is 15.0 Å². The number of ether oxygens (including phenoxy) is 1. The molecule has 6 nitrogen and oxygen atoms in total. The predicted octanol–water partition coefficient (Wildman–Crippen LogP) is 0.702. The normalized spacial score (nSPS) is 10.2. The van der Waals surface area contributed by atoms with Crippen LogP contribution < -0.4 is 0 Å². The average molecular weight is 239 g/mol. The Kier molecular flexibility index (Phi) is 5.35. The topological polar surface area (TPSA) is 77.2 Å². The van der Waals surface area contributed by atoms with Gasteiger partial charge in [0.2, 0.25) is 0 Å². The first-order chi connectivity index (χ1) is 8.20. The molecule has 0 amide bonds. The molecule has 0 atom stereocenters. The van der Waals surface area contributed by atoms with Crippen molar-refractivity contribution in [3.05, 3.63) is 24.0 Å². The van der Waals surface area contributed by atoms with Gasteiger partial charge >= 0.3 is 5.97 Å². The van der Waals surface area contributed by atoms with E-state index in [-0.39, 0.29) is 18.9 Å². The monoisotopic (exact) mass is 239 g/mol. The van der Waals surface area contributed by atoms with Crippen LogP contribution in [0.2, 0.25) is 0 Å². The van der Waals surface area contributed by atoms with Gasteiger partial charge in [-0.3, -0.25) is 0 Å². The molecular weight excluding hydrogens is 222 g/mol. The van der Waals surface area contributed by atoms with Crippen LogP contribution in [0.25, 0.3) is 0 Å². The second-order valence-electron chi connectivity index (χ2n) is 3.56. The fraction of sp³-hybridized carbons (Fsp3) is 0.545. The van der Waals surface area contributed by atoms with Crippen molar-refractivity contribution in [2.24, 2.45) is 0 Å². The Morgan fingerprint density at radius 3 is 3.00 bits per heavy atom. The van der Waals surface area contributed by atoms with Crippen LogP contribution in [0.15, 0.2) is 12.7 Å². The molecule has 1 aromatic rings. The Bertz CT molecular complexity index is 387. The first-order valence-electron chi connectivity index (χ1n) is 5.49. The number of carbonyl (C=O) groups excluding carboxylic acids is 1. The number of unbranched alkanes of at least 4 members (excludes halogenated alkanes) is 1. The van der Waals surface area contributed by atoms with Crippen molar-refractivity contribution in [3.8, 4) is 0 Å². The molecule has 0 radical (unpaired) electrons. The summed E-state index contributed by atoms with van der Waals surface area (Å²) in [6.45, 7) is 6.18. The summed E-state index contributed by atoms with van der Waals surface area (Å²) in [5.41, 5.74) is 0.910. The summed E-state index contributed by atoms with van der Waals surface area (Å²) in [6, 6.07) is 0. The standard InChI is InChI=1S/C11H17N3O3/c1-3-8-17-11(16)10-9(2)14(13-12-10)6-4-5-7-15/h3,15H,1,4-8H2,2H3. The van der Waals surface area contributed by atoms with Gasteiger partial charge in [-0.05, 0) is 19.8 Å². The molecule has 1 rings (SSSR count). The van der Waals surface area contributed by atoms with Crippen LogP contribution in [0.1, 0.15) is 29.0 Å². The Hall–Kier alpha value is -1.69. The molecule has 0 saturated heterocycles. The van der Waals surface area contributed by atoms with Gasteiger partial charge in [0, 0.05) is 13.2 Å². The number of nitrogens with zero attached hydrogens (tertiary/aromatic N) is 3. The molecule has 0 fully saturated rings. The van der Waals surface area contributed by atoms with Crippen LogP contribution in [0.4, 0.5) is 0 Å². The summed E-state index contributed by atoms with van der Waals surface area (Å²) < 4.78 is 6.52. The van der Waals surface area contributed by atoms with Crippen LogP contribution in [0.5, 0.6) is 0 Å². The molecule has 6 heteroatoms. The maximum atomic E-state index is 11.5. The van der Waals surface area contributed by atoms with E-state index in [4.69, 9.17) is 9.84 Å². The molecule has 1 N–H and O–H groups in total. The lowest BCUT2D eigenvalue weighted by molar-refractivity contribution is 0.0542. The summed E-state index contributed by atoms with van der Waals surface area (Å²) in [7, 11) is 0. The zero-order chi connectivity index (χ0) is 12.7. The van der Waals surface area contributed by atoms with Crippen molar-refractivity contribution in [2.75, 3.05) is 13.2 Å². The van der Waals surface area contributed by atoms with Gasteiger partial charge in [0.05, 0.1) is 5.69 Å². The minimum Gasteiger partial charge on any atom is -0.457 e. The third kappa shape index (κ3) is 3.67. The van der Waals surface area contributed by atoms with E-state index in [0.717, 1.165) is 6.42 Å². The first-order valence-corrected chi connectivity index (χ1v) is 5.49. The molecule has 0 saturated carbocycles. The highest BCUT2D eigenvalue weighted by Crippen LogP contribution is 2.06. The minimum atomic E-state index is -0.490. The molecule has 94 valence electrons. The van der Waals surface area contributed by atoms with E-state index in [1.54, 1.807) is 11.6 Å². The van der Waals surface area contributed by atoms with E-state index < -0.39 is 5.97 Å². The Morgan fingerprint density at radius 2 is 2.35 bits per heavy atom. The number of esters is 1. The van der Waals surface area contributed by atoms with Crippen LogP contribution in [-0.4, -0.2) is 39.3 Å². The van der Waals surface area contributed by atoms with Crippen LogP contribution >= 0.6 is 0 Å². The third-order valence-corrected chi connectivity index (χ3v) is 2.29. The van der Waals surface area contributed by atoms with E-state index in [9.17, 15) is 4.79 Å². The maximum absolute atomic E-state index is 11.5. The summed E-state index contributed by atoms with van der Waals surface area (Å²) >= 11 is 0. The molecule has 0 spiro atoms. The lowest BCUT2D eigenvalue weighted by Crippen LogP contribution is -2.09. The number of hydrogen-bond donors (Lipinski definition) is 1. The van der Waals surface area contributed by atoms with Gasteiger partial charge in [0.1, 0.15) is 6.61 Å². The van der Waals surface area contributed by atoms with E-state index in [0.29, 0.717) is 18.7 Å². The van der Waals surface area contributed by atoms with E-state index >= 15 is 0 Å². The Morgan fingerprint density at radius 1 is 1.59 bits per heavy atom. The molecule has 1 heterocycles. The summed E-state index contributed by atoms with van der Waals surface area (Å²) in [4.78, 5) is 11.5. The number of aryl methyl sites for hydroxylation is 1. The highest BCUT2D eigenvalue weighted by atomic mass is 16.5. The highest BCUT2D eigenvalue weighted by molar-refractivity contribution is 5.88. The maximum Gasteiger partial charge on any atom is 0.361 e. The molecule has 0 aliphatic rings. The second kappa shape index (κ2) is 6.80. The fourth-order valence-corrected chi connectivity index (χ4v) is 1.34. The van der Waals surface area contributed by atoms with Gasteiger partial charge in [-0.2, -0.15) is 0 Å². The van der Waals surface area contributed by atoms with Crippen LogP contribution in [0.3, 0.4) is 0 Å². The minimum absolute atomic E-state index is 0.155. The van der Waals surface area contributed by atoms with Crippen LogP contribution in [-0.2, 0) is 11.3 Å². The summed E-state index contributed by atoms with van der Waals surface area (Å²) in [5.74, 6) is -0.490. The van der Waals surface area contributed by atoms with Crippen molar-refractivity contribution >= 4 is 5.97 Å². The largest absolute Gasteiger partial charge is 0.457 e. The molecule has 0 aromatic carbocycles. The second-order valence-corrected chi connectivity index (χ2v) is 3.56. The Labute approximate surface area is 99.9 Å². The zero-order valence-corrected chi connectivity index (χ0v) is 9.93. The summed E-state index contributed by atoms with van der Waals surface area (Å²) in [6.07, 6.45) is 3.00.